The number of anilines is 2. The molecule has 17 heavy (non-hydrogen) atoms. The van der Waals surface area contributed by atoms with Crippen LogP contribution in [0.15, 0.2) is 52.3 Å². The molecule has 2 nitrogen and oxygen atoms in total. The first-order valence-corrected chi connectivity index (χ1v) is 6.16. The minimum absolute atomic E-state index is 0.704. The highest BCUT2D eigenvalue weighted by Crippen LogP contribution is 2.47. The molecule has 82 valence electrons. The molecule has 2 aromatic rings. The van der Waals surface area contributed by atoms with Gasteiger partial charge in [-0.3, -0.25) is 0 Å². The maximum Gasteiger partial charge on any atom is 0.0992 e. The predicted octanol–water partition coefficient (Wildman–Crippen LogP) is 3.79. The quantitative estimate of drug-likeness (QED) is 0.698. The van der Waals surface area contributed by atoms with Crippen LogP contribution in [0.4, 0.5) is 11.4 Å². The van der Waals surface area contributed by atoms with Crippen molar-refractivity contribution in [2.24, 2.45) is 0 Å². The van der Waals surface area contributed by atoms with Crippen molar-refractivity contribution < 1.29 is 0 Å². The standard InChI is InChI=1S/C14H10N2S/c1-16-11-4-2-3-5-13(11)17-14-7-6-10(9-15)8-12(14)16/h2-8H,1H3. The molecule has 0 spiro atoms. The first-order chi connectivity index (χ1) is 8.29. The zero-order valence-electron chi connectivity index (χ0n) is 9.34. The van der Waals surface area contributed by atoms with Gasteiger partial charge in [0.05, 0.1) is 23.0 Å². The average molecular weight is 238 g/mol. The Hall–Kier alpha value is -1.92. The Balaban J connectivity index is 2.17. The summed E-state index contributed by atoms with van der Waals surface area (Å²) < 4.78 is 0. The molecule has 1 heterocycles. The van der Waals surface area contributed by atoms with Crippen molar-refractivity contribution in [2.45, 2.75) is 9.79 Å². The Morgan fingerprint density at radius 1 is 1.06 bits per heavy atom. The second kappa shape index (κ2) is 3.83. The summed E-state index contributed by atoms with van der Waals surface area (Å²) in [7, 11) is 2.04. The third kappa shape index (κ3) is 1.58. The number of hydrogen-bond donors (Lipinski definition) is 0. The minimum Gasteiger partial charge on any atom is -0.343 e. The van der Waals surface area contributed by atoms with Gasteiger partial charge in [-0.2, -0.15) is 5.26 Å². The summed E-state index contributed by atoms with van der Waals surface area (Å²) >= 11 is 1.75. The van der Waals surface area contributed by atoms with Crippen LogP contribution in [0.1, 0.15) is 5.56 Å². The lowest BCUT2D eigenvalue weighted by molar-refractivity contribution is 1.11. The lowest BCUT2D eigenvalue weighted by atomic mass is 10.2. The van der Waals surface area contributed by atoms with Crippen molar-refractivity contribution in [2.75, 3.05) is 11.9 Å². The predicted molar refractivity (Wildman–Crippen MR) is 69.8 cm³/mol. The molecular formula is C14H10N2S. The van der Waals surface area contributed by atoms with Crippen LogP contribution >= 0.6 is 11.8 Å². The molecule has 3 rings (SSSR count). The monoisotopic (exact) mass is 238 g/mol. The molecule has 2 aromatic carbocycles. The normalized spacial score (nSPS) is 12.6. The van der Waals surface area contributed by atoms with Crippen molar-refractivity contribution in [1.82, 2.24) is 0 Å². The van der Waals surface area contributed by atoms with Crippen molar-refractivity contribution in [3.05, 3.63) is 48.0 Å². The fourth-order valence-electron chi connectivity index (χ4n) is 2.00. The van der Waals surface area contributed by atoms with Gasteiger partial charge < -0.3 is 4.90 Å². The molecule has 0 N–H and O–H groups in total. The van der Waals surface area contributed by atoms with Gasteiger partial charge in [-0.1, -0.05) is 23.9 Å². The van der Waals surface area contributed by atoms with Crippen LogP contribution in [-0.2, 0) is 0 Å². The first kappa shape index (κ1) is 10.2. The molecule has 0 atom stereocenters. The summed E-state index contributed by atoms with van der Waals surface area (Å²) in [5.74, 6) is 0. The van der Waals surface area contributed by atoms with Gasteiger partial charge in [-0.05, 0) is 30.3 Å². The van der Waals surface area contributed by atoms with E-state index in [4.69, 9.17) is 5.26 Å². The van der Waals surface area contributed by atoms with E-state index in [2.05, 4.69) is 23.1 Å². The summed E-state index contributed by atoms with van der Waals surface area (Å²) in [5, 5.41) is 8.95. The zero-order valence-corrected chi connectivity index (χ0v) is 10.2. The zero-order chi connectivity index (χ0) is 11.8. The topological polar surface area (TPSA) is 27.0 Å². The van der Waals surface area contributed by atoms with Gasteiger partial charge in [0.15, 0.2) is 0 Å². The van der Waals surface area contributed by atoms with E-state index in [1.54, 1.807) is 11.8 Å². The van der Waals surface area contributed by atoms with E-state index in [1.165, 1.54) is 15.5 Å². The number of rotatable bonds is 0. The van der Waals surface area contributed by atoms with Crippen LogP contribution in [0.5, 0.6) is 0 Å². The van der Waals surface area contributed by atoms with Crippen molar-refractivity contribution in [1.29, 1.82) is 5.26 Å². The summed E-state index contributed by atoms with van der Waals surface area (Å²) in [6.07, 6.45) is 0. The molecule has 1 aliphatic rings. The SMILES string of the molecule is CN1c2ccccc2Sc2ccc(C#N)cc21. The van der Waals surface area contributed by atoms with Crippen molar-refractivity contribution >= 4 is 23.1 Å². The molecule has 0 aliphatic carbocycles. The second-order valence-corrected chi connectivity index (χ2v) is 5.01. The van der Waals surface area contributed by atoms with Crippen molar-refractivity contribution in [3.8, 4) is 6.07 Å². The number of nitrogens with zero attached hydrogens (tertiary/aromatic N) is 2. The van der Waals surface area contributed by atoms with Gasteiger partial charge in [0.25, 0.3) is 0 Å². The maximum atomic E-state index is 8.95. The fourth-order valence-corrected chi connectivity index (χ4v) is 3.13. The van der Waals surface area contributed by atoms with E-state index in [-0.39, 0.29) is 0 Å². The van der Waals surface area contributed by atoms with Crippen molar-refractivity contribution in [3.63, 3.8) is 0 Å². The molecule has 0 aromatic heterocycles. The van der Waals surface area contributed by atoms with E-state index in [0.717, 1.165) is 5.69 Å². The Morgan fingerprint density at radius 2 is 1.82 bits per heavy atom. The lowest BCUT2D eigenvalue weighted by Crippen LogP contribution is -2.14. The van der Waals surface area contributed by atoms with E-state index >= 15 is 0 Å². The average Bonchev–Trinajstić information content (AvgIpc) is 2.39. The number of hydrogen-bond acceptors (Lipinski definition) is 3. The van der Waals surface area contributed by atoms with Gasteiger partial charge in [-0.15, -0.1) is 0 Å². The highest BCUT2D eigenvalue weighted by atomic mass is 32.2. The smallest absolute Gasteiger partial charge is 0.0992 e. The molecule has 0 radical (unpaired) electrons. The van der Waals surface area contributed by atoms with Crippen LogP contribution in [0, 0.1) is 11.3 Å². The number of nitriles is 1. The minimum atomic E-state index is 0.704. The number of fused-ring (bicyclic) bond motifs is 2. The highest BCUT2D eigenvalue weighted by molar-refractivity contribution is 7.99. The summed E-state index contributed by atoms with van der Waals surface area (Å²) in [5.41, 5.74) is 3.00. The van der Waals surface area contributed by atoms with Gasteiger partial charge in [-0.25, -0.2) is 0 Å². The fraction of sp³-hybridized carbons (Fsp3) is 0.0714. The van der Waals surface area contributed by atoms with Crippen LogP contribution in [0.2, 0.25) is 0 Å². The molecule has 0 saturated heterocycles. The van der Waals surface area contributed by atoms with Gasteiger partial charge in [0, 0.05) is 16.8 Å². The molecule has 1 aliphatic heterocycles. The molecule has 0 fully saturated rings. The van der Waals surface area contributed by atoms with E-state index in [1.807, 2.05) is 37.4 Å². The molecule has 0 unspecified atom stereocenters. The Kier molecular flexibility index (Phi) is 2.31. The molecule has 0 saturated carbocycles. The largest absolute Gasteiger partial charge is 0.343 e. The van der Waals surface area contributed by atoms with Crippen LogP contribution < -0.4 is 4.90 Å². The number of para-hydroxylation sites is 1. The second-order valence-electron chi connectivity index (χ2n) is 3.92. The van der Waals surface area contributed by atoms with Gasteiger partial charge in [0.2, 0.25) is 0 Å². The number of benzene rings is 2. The van der Waals surface area contributed by atoms with Crippen LogP contribution in [-0.4, -0.2) is 7.05 Å². The summed E-state index contributed by atoms with van der Waals surface area (Å²) in [4.78, 5) is 4.60. The first-order valence-electron chi connectivity index (χ1n) is 5.34. The molecule has 0 bridgehead atoms. The van der Waals surface area contributed by atoms with E-state index in [9.17, 15) is 0 Å². The van der Waals surface area contributed by atoms with Gasteiger partial charge in [0.1, 0.15) is 0 Å². The van der Waals surface area contributed by atoms with Gasteiger partial charge >= 0.3 is 0 Å². The third-order valence-electron chi connectivity index (χ3n) is 2.90. The lowest BCUT2D eigenvalue weighted by Gasteiger charge is -2.29. The Bertz CT molecular complexity index is 628. The maximum absolute atomic E-state index is 8.95. The van der Waals surface area contributed by atoms with Crippen LogP contribution in [0.25, 0.3) is 0 Å². The van der Waals surface area contributed by atoms with E-state index < -0.39 is 0 Å². The summed E-state index contributed by atoms with van der Waals surface area (Å²) in [6, 6.07) is 16.3. The Labute approximate surface area is 104 Å². The molecular weight excluding hydrogens is 228 g/mol. The highest BCUT2D eigenvalue weighted by Gasteiger charge is 2.20. The van der Waals surface area contributed by atoms with E-state index in [0.29, 0.717) is 5.56 Å². The van der Waals surface area contributed by atoms with Crippen LogP contribution in [0.3, 0.4) is 0 Å². The Morgan fingerprint density at radius 3 is 2.65 bits per heavy atom. The third-order valence-corrected chi connectivity index (χ3v) is 4.03. The molecule has 3 heteroatoms. The summed E-state index contributed by atoms with van der Waals surface area (Å²) in [6.45, 7) is 0. The molecule has 0 amide bonds.